The molecule has 2 N–H and O–H groups in total. The highest BCUT2D eigenvalue weighted by Crippen LogP contribution is 2.27. The van der Waals surface area contributed by atoms with Gasteiger partial charge in [-0.1, -0.05) is 13.8 Å². The second-order valence-corrected chi connectivity index (χ2v) is 5.84. The Labute approximate surface area is 125 Å². The minimum atomic E-state index is 0.138. The summed E-state index contributed by atoms with van der Waals surface area (Å²) in [6, 6.07) is 0.138. The number of nitrogens with zero attached hydrogens (tertiary/aromatic N) is 4. The van der Waals surface area contributed by atoms with Gasteiger partial charge in [0.2, 0.25) is 0 Å². The van der Waals surface area contributed by atoms with Crippen LogP contribution in [0.15, 0.2) is 18.7 Å². The molecule has 1 atom stereocenters. The van der Waals surface area contributed by atoms with E-state index in [0.717, 1.165) is 36.8 Å². The number of anilines is 1. The van der Waals surface area contributed by atoms with Crippen LogP contribution in [0.5, 0.6) is 0 Å². The van der Waals surface area contributed by atoms with Crippen LogP contribution in [0.2, 0.25) is 0 Å². The SMILES string of the molecule is CC(C)C(Nc1ncnc2c1CCNC2)c1nccn1C. The van der Waals surface area contributed by atoms with Crippen molar-refractivity contribution in [3.05, 3.63) is 35.8 Å². The maximum atomic E-state index is 4.49. The van der Waals surface area contributed by atoms with Gasteiger partial charge >= 0.3 is 0 Å². The molecule has 0 aliphatic carbocycles. The van der Waals surface area contributed by atoms with Crippen LogP contribution in [-0.4, -0.2) is 26.1 Å². The van der Waals surface area contributed by atoms with E-state index in [1.807, 2.05) is 19.4 Å². The molecule has 0 bridgehead atoms. The van der Waals surface area contributed by atoms with Crippen LogP contribution in [0.3, 0.4) is 0 Å². The van der Waals surface area contributed by atoms with Crippen LogP contribution < -0.4 is 10.6 Å². The van der Waals surface area contributed by atoms with Gasteiger partial charge in [-0.05, 0) is 18.9 Å². The predicted octanol–water partition coefficient (Wildman–Crippen LogP) is 1.66. The number of nitrogens with one attached hydrogen (secondary N) is 2. The van der Waals surface area contributed by atoms with Gasteiger partial charge in [0, 0.05) is 31.5 Å². The van der Waals surface area contributed by atoms with Gasteiger partial charge in [-0.2, -0.15) is 0 Å². The molecule has 0 fully saturated rings. The zero-order valence-electron chi connectivity index (χ0n) is 12.8. The van der Waals surface area contributed by atoms with Crippen LogP contribution >= 0.6 is 0 Å². The maximum absolute atomic E-state index is 4.49. The molecule has 1 aliphatic heterocycles. The minimum Gasteiger partial charge on any atom is -0.360 e. The first-order valence-corrected chi connectivity index (χ1v) is 7.44. The Morgan fingerprint density at radius 2 is 2.14 bits per heavy atom. The van der Waals surface area contributed by atoms with E-state index in [1.54, 1.807) is 6.33 Å². The molecule has 1 aliphatic rings. The first-order chi connectivity index (χ1) is 10.2. The lowest BCUT2D eigenvalue weighted by atomic mass is 10.0. The molecule has 3 heterocycles. The Balaban J connectivity index is 1.92. The number of rotatable bonds is 4. The van der Waals surface area contributed by atoms with Gasteiger partial charge in [-0.15, -0.1) is 0 Å². The third-order valence-corrected chi connectivity index (χ3v) is 3.97. The van der Waals surface area contributed by atoms with Gasteiger partial charge in [-0.3, -0.25) is 0 Å². The van der Waals surface area contributed by atoms with E-state index >= 15 is 0 Å². The number of aromatic nitrogens is 4. The predicted molar refractivity (Wildman–Crippen MR) is 81.9 cm³/mol. The molecule has 0 saturated carbocycles. The summed E-state index contributed by atoms with van der Waals surface area (Å²) in [4.78, 5) is 13.3. The molecule has 2 aromatic rings. The normalized spacial score (nSPS) is 15.8. The number of hydrogen-bond acceptors (Lipinski definition) is 5. The summed E-state index contributed by atoms with van der Waals surface area (Å²) in [5, 5.41) is 6.93. The minimum absolute atomic E-state index is 0.138. The summed E-state index contributed by atoms with van der Waals surface area (Å²) in [5.41, 5.74) is 2.33. The van der Waals surface area contributed by atoms with Crippen LogP contribution in [0.25, 0.3) is 0 Å². The standard InChI is InChI=1S/C15H22N6/c1-10(2)13(15-17-6-7-21(15)3)20-14-11-4-5-16-8-12(11)18-9-19-14/h6-7,9-10,13,16H,4-5,8H2,1-3H3,(H,18,19,20). The molecular weight excluding hydrogens is 264 g/mol. The van der Waals surface area contributed by atoms with Crippen molar-refractivity contribution in [3.63, 3.8) is 0 Å². The first-order valence-electron chi connectivity index (χ1n) is 7.44. The Bertz CT molecular complexity index is 618. The monoisotopic (exact) mass is 286 g/mol. The molecule has 0 amide bonds. The molecule has 1 unspecified atom stereocenters. The molecule has 0 aromatic carbocycles. The molecular formula is C15H22N6. The van der Waals surface area contributed by atoms with Crippen LogP contribution in [0, 0.1) is 5.92 Å². The zero-order chi connectivity index (χ0) is 14.8. The van der Waals surface area contributed by atoms with Crippen molar-refractivity contribution in [2.45, 2.75) is 32.9 Å². The summed E-state index contributed by atoms with van der Waals surface area (Å²) >= 11 is 0. The molecule has 0 spiro atoms. The van der Waals surface area contributed by atoms with Crippen molar-refractivity contribution in [1.29, 1.82) is 0 Å². The molecule has 112 valence electrons. The van der Waals surface area contributed by atoms with E-state index in [4.69, 9.17) is 0 Å². The highest BCUT2D eigenvalue weighted by atomic mass is 15.1. The summed E-state index contributed by atoms with van der Waals surface area (Å²) in [5.74, 6) is 2.40. The first kappa shape index (κ1) is 14.0. The number of imidazole rings is 1. The molecule has 2 aromatic heterocycles. The van der Waals surface area contributed by atoms with Gasteiger partial charge in [-0.25, -0.2) is 15.0 Å². The Hall–Kier alpha value is -1.95. The molecule has 0 radical (unpaired) electrons. The topological polar surface area (TPSA) is 67.7 Å². The fourth-order valence-corrected chi connectivity index (χ4v) is 2.76. The van der Waals surface area contributed by atoms with Crippen LogP contribution in [-0.2, 0) is 20.0 Å². The van der Waals surface area contributed by atoms with Crippen LogP contribution in [0.1, 0.15) is 37.0 Å². The lowest BCUT2D eigenvalue weighted by molar-refractivity contribution is 0.504. The van der Waals surface area contributed by atoms with Crippen LogP contribution in [0.4, 0.5) is 5.82 Å². The van der Waals surface area contributed by atoms with E-state index in [9.17, 15) is 0 Å². The van der Waals surface area contributed by atoms with Crippen molar-refractivity contribution in [1.82, 2.24) is 24.8 Å². The molecule has 3 rings (SSSR count). The van der Waals surface area contributed by atoms with E-state index in [0.29, 0.717) is 5.92 Å². The lowest BCUT2D eigenvalue weighted by Crippen LogP contribution is -2.28. The second kappa shape index (κ2) is 5.81. The lowest BCUT2D eigenvalue weighted by Gasteiger charge is -2.25. The Morgan fingerprint density at radius 1 is 1.29 bits per heavy atom. The highest BCUT2D eigenvalue weighted by molar-refractivity contribution is 5.48. The summed E-state index contributed by atoms with van der Waals surface area (Å²) in [6.07, 6.45) is 6.42. The van der Waals surface area contributed by atoms with Gasteiger partial charge in [0.15, 0.2) is 0 Å². The third kappa shape index (κ3) is 2.76. The van der Waals surface area contributed by atoms with Gasteiger partial charge in [0.05, 0.1) is 11.7 Å². The largest absolute Gasteiger partial charge is 0.360 e. The molecule has 6 nitrogen and oxygen atoms in total. The van der Waals surface area contributed by atoms with Gasteiger partial charge < -0.3 is 15.2 Å². The van der Waals surface area contributed by atoms with E-state index in [2.05, 4.69) is 44.0 Å². The average molecular weight is 286 g/mol. The Kier molecular flexibility index (Phi) is 3.88. The molecule has 21 heavy (non-hydrogen) atoms. The van der Waals surface area contributed by atoms with Crippen molar-refractivity contribution < 1.29 is 0 Å². The summed E-state index contributed by atoms with van der Waals surface area (Å²) in [7, 11) is 2.03. The molecule has 6 heteroatoms. The summed E-state index contributed by atoms with van der Waals surface area (Å²) < 4.78 is 2.06. The fraction of sp³-hybridized carbons (Fsp3) is 0.533. The van der Waals surface area contributed by atoms with Gasteiger partial charge in [0.1, 0.15) is 18.0 Å². The van der Waals surface area contributed by atoms with E-state index in [-0.39, 0.29) is 6.04 Å². The number of fused-ring (bicyclic) bond motifs is 1. The van der Waals surface area contributed by atoms with Gasteiger partial charge in [0.25, 0.3) is 0 Å². The Morgan fingerprint density at radius 3 is 2.86 bits per heavy atom. The average Bonchev–Trinajstić information content (AvgIpc) is 2.90. The van der Waals surface area contributed by atoms with E-state index < -0.39 is 0 Å². The van der Waals surface area contributed by atoms with Crippen molar-refractivity contribution in [3.8, 4) is 0 Å². The zero-order valence-corrected chi connectivity index (χ0v) is 12.8. The quantitative estimate of drug-likeness (QED) is 0.895. The second-order valence-electron chi connectivity index (χ2n) is 5.84. The van der Waals surface area contributed by atoms with Crippen molar-refractivity contribution in [2.75, 3.05) is 11.9 Å². The van der Waals surface area contributed by atoms with E-state index in [1.165, 1.54) is 5.56 Å². The summed E-state index contributed by atoms with van der Waals surface area (Å²) in [6.45, 7) is 6.19. The number of hydrogen-bond donors (Lipinski definition) is 2. The maximum Gasteiger partial charge on any atom is 0.133 e. The fourth-order valence-electron chi connectivity index (χ4n) is 2.76. The van der Waals surface area contributed by atoms with Crippen molar-refractivity contribution >= 4 is 5.82 Å². The van der Waals surface area contributed by atoms with Crippen molar-refractivity contribution in [2.24, 2.45) is 13.0 Å². The number of aryl methyl sites for hydroxylation is 1. The third-order valence-electron chi connectivity index (χ3n) is 3.97. The highest BCUT2D eigenvalue weighted by Gasteiger charge is 2.23. The smallest absolute Gasteiger partial charge is 0.133 e. The molecule has 0 saturated heterocycles.